The topological polar surface area (TPSA) is 95.7 Å². The van der Waals surface area contributed by atoms with Gasteiger partial charge in [-0.1, -0.05) is 18.2 Å². The van der Waals surface area contributed by atoms with E-state index in [9.17, 15) is 14.7 Å². The van der Waals surface area contributed by atoms with Gasteiger partial charge in [0.05, 0.1) is 12.5 Å². The van der Waals surface area contributed by atoms with Crippen LogP contribution in [0, 0.1) is 6.92 Å². The van der Waals surface area contributed by atoms with Crippen LogP contribution in [-0.4, -0.2) is 41.0 Å². The predicted octanol–water partition coefficient (Wildman–Crippen LogP) is 3.31. The second-order valence-corrected chi connectivity index (χ2v) is 7.86. The molecule has 1 atom stereocenters. The predicted molar refractivity (Wildman–Crippen MR) is 115 cm³/mol. The molecule has 1 saturated heterocycles. The Morgan fingerprint density at radius 2 is 1.83 bits per heavy atom. The van der Waals surface area contributed by atoms with Gasteiger partial charge in [-0.15, -0.1) is 0 Å². The zero-order valence-corrected chi connectivity index (χ0v) is 17.0. The summed E-state index contributed by atoms with van der Waals surface area (Å²) in [6.07, 6.45) is 1.15. The number of piperidine rings is 1. The van der Waals surface area contributed by atoms with Crippen LogP contribution in [-0.2, 0) is 4.79 Å². The summed E-state index contributed by atoms with van der Waals surface area (Å²) in [5.74, 6) is 0.150. The molecule has 1 heterocycles. The van der Waals surface area contributed by atoms with Gasteiger partial charge in [0.25, 0.3) is 5.91 Å². The third-order valence-electron chi connectivity index (χ3n) is 5.43. The van der Waals surface area contributed by atoms with Crippen LogP contribution in [0.25, 0.3) is 0 Å². The van der Waals surface area contributed by atoms with E-state index >= 15 is 0 Å². The van der Waals surface area contributed by atoms with Crippen LogP contribution in [0.2, 0.25) is 0 Å². The first-order valence-corrected chi connectivity index (χ1v) is 10.1. The van der Waals surface area contributed by atoms with E-state index < -0.39 is 6.10 Å². The average Bonchev–Trinajstić information content (AvgIpc) is 2.69. The number of aryl methyl sites for hydroxylation is 1. The van der Waals surface area contributed by atoms with Gasteiger partial charge in [0, 0.05) is 30.0 Å². The fourth-order valence-electron chi connectivity index (χ4n) is 3.73. The number of nitrogens with one attached hydrogen (secondary N) is 1. The van der Waals surface area contributed by atoms with E-state index in [1.54, 1.807) is 19.1 Å². The molecule has 1 unspecified atom stereocenters. The minimum Gasteiger partial charge on any atom is -0.399 e. The Kier molecular flexibility index (Phi) is 6.54. The molecule has 2 amide bonds. The van der Waals surface area contributed by atoms with E-state index in [2.05, 4.69) is 17.4 Å². The Morgan fingerprint density at radius 3 is 2.45 bits per heavy atom. The van der Waals surface area contributed by atoms with Crippen molar-refractivity contribution >= 4 is 23.2 Å². The highest BCUT2D eigenvalue weighted by Crippen LogP contribution is 2.29. The van der Waals surface area contributed by atoms with Crippen molar-refractivity contribution in [1.82, 2.24) is 4.90 Å². The first-order valence-electron chi connectivity index (χ1n) is 10.1. The summed E-state index contributed by atoms with van der Waals surface area (Å²) < 4.78 is 0. The zero-order valence-electron chi connectivity index (χ0n) is 17.0. The van der Waals surface area contributed by atoms with Crippen LogP contribution in [0.15, 0.2) is 42.5 Å². The molecular weight excluding hydrogens is 366 g/mol. The molecular formula is C23H29N3O3. The van der Waals surface area contributed by atoms with Crippen LogP contribution in [0.1, 0.15) is 53.6 Å². The molecule has 0 bridgehead atoms. The summed E-state index contributed by atoms with van der Waals surface area (Å²) in [6, 6.07) is 13.3. The summed E-state index contributed by atoms with van der Waals surface area (Å²) in [5, 5.41) is 12.2. The quantitative estimate of drug-likeness (QED) is 0.677. The summed E-state index contributed by atoms with van der Waals surface area (Å²) in [7, 11) is 0. The van der Waals surface area contributed by atoms with Crippen molar-refractivity contribution < 1.29 is 14.7 Å². The van der Waals surface area contributed by atoms with Crippen LogP contribution in [0.3, 0.4) is 0 Å². The second-order valence-electron chi connectivity index (χ2n) is 7.86. The number of hydrogen-bond acceptors (Lipinski definition) is 4. The van der Waals surface area contributed by atoms with Gasteiger partial charge < -0.3 is 21.1 Å². The number of nitrogen functional groups attached to an aromatic ring is 1. The van der Waals surface area contributed by atoms with Gasteiger partial charge in [0.2, 0.25) is 5.91 Å². The highest BCUT2D eigenvalue weighted by molar-refractivity contribution is 5.98. The van der Waals surface area contributed by atoms with Crippen molar-refractivity contribution in [2.45, 2.75) is 45.1 Å². The molecule has 0 aliphatic carbocycles. The summed E-state index contributed by atoms with van der Waals surface area (Å²) in [5.41, 5.74) is 9.85. The van der Waals surface area contributed by atoms with Crippen molar-refractivity contribution in [2.75, 3.05) is 24.1 Å². The molecule has 3 rings (SSSR count). The SMILES string of the molecule is Cc1ccc(C(=O)N2CCC(c3ccc(N)cc3)CC2)cc1NC(=O)CC(C)O. The Hall–Kier alpha value is -2.86. The van der Waals surface area contributed by atoms with Crippen molar-refractivity contribution in [3.8, 4) is 0 Å². The molecule has 0 radical (unpaired) electrons. The molecule has 2 aromatic rings. The van der Waals surface area contributed by atoms with Crippen molar-refractivity contribution in [3.05, 3.63) is 59.2 Å². The first kappa shape index (κ1) is 20.9. The fourth-order valence-corrected chi connectivity index (χ4v) is 3.73. The van der Waals surface area contributed by atoms with Gasteiger partial charge in [-0.2, -0.15) is 0 Å². The van der Waals surface area contributed by atoms with Crippen LogP contribution in [0.5, 0.6) is 0 Å². The van der Waals surface area contributed by atoms with E-state index in [-0.39, 0.29) is 18.2 Å². The van der Waals surface area contributed by atoms with Crippen LogP contribution < -0.4 is 11.1 Å². The monoisotopic (exact) mass is 395 g/mol. The lowest BCUT2D eigenvalue weighted by Gasteiger charge is -2.32. The zero-order chi connectivity index (χ0) is 21.0. The Balaban J connectivity index is 1.64. The highest BCUT2D eigenvalue weighted by atomic mass is 16.3. The minimum atomic E-state index is -0.706. The normalized spacial score (nSPS) is 15.8. The standard InChI is InChI=1S/C23H29N3O3/c1-15-3-4-19(14-21(15)25-22(28)13-16(2)27)23(29)26-11-9-18(10-12-26)17-5-7-20(24)8-6-17/h3-8,14,16,18,27H,9-13,24H2,1-2H3,(H,25,28). The fraction of sp³-hybridized carbons (Fsp3) is 0.391. The van der Waals surface area contributed by atoms with Crippen molar-refractivity contribution in [2.24, 2.45) is 0 Å². The molecule has 1 fully saturated rings. The molecule has 1 aliphatic heterocycles. The number of carbonyl (C=O) groups excluding carboxylic acids is 2. The second kappa shape index (κ2) is 9.09. The molecule has 0 spiro atoms. The number of anilines is 2. The van der Waals surface area contributed by atoms with Gasteiger partial charge >= 0.3 is 0 Å². The Bertz CT molecular complexity index is 869. The van der Waals surface area contributed by atoms with Gasteiger partial charge in [0.1, 0.15) is 0 Å². The van der Waals surface area contributed by atoms with Gasteiger partial charge in [-0.25, -0.2) is 0 Å². The third-order valence-corrected chi connectivity index (χ3v) is 5.43. The van der Waals surface area contributed by atoms with E-state index in [0.717, 1.165) is 24.1 Å². The van der Waals surface area contributed by atoms with E-state index in [0.29, 0.717) is 30.3 Å². The largest absolute Gasteiger partial charge is 0.399 e. The summed E-state index contributed by atoms with van der Waals surface area (Å²) in [6.45, 7) is 4.85. The number of carbonyl (C=O) groups is 2. The highest BCUT2D eigenvalue weighted by Gasteiger charge is 2.25. The molecule has 4 N–H and O–H groups in total. The minimum absolute atomic E-state index is 0.0215. The number of benzene rings is 2. The number of rotatable bonds is 5. The first-order chi connectivity index (χ1) is 13.8. The van der Waals surface area contributed by atoms with Crippen molar-refractivity contribution in [3.63, 3.8) is 0 Å². The number of amides is 2. The lowest BCUT2D eigenvalue weighted by atomic mass is 9.89. The van der Waals surface area contributed by atoms with Crippen LogP contribution >= 0.6 is 0 Å². The molecule has 6 nitrogen and oxygen atoms in total. The number of likely N-dealkylation sites (tertiary alicyclic amines) is 1. The van der Waals surface area contributed by atoms with E-state index in [4.69, 9.17) is 5.73 Å². The maximum atomic E-state index is 13.0. The Labute approximate surface area is 171 Å². The molecule has 0 saturated carbocycles. The number of aliphatic hydroxyl groups is 1. The maximum Gasteiger partial charge on any atom is 0.253 e. The van der Waals surface area contributed by atoms with E-state index in [1.807, 2.05) is 30.0 Å². The number of nitrogens with zero attached hydrogens (tertiary/aromatic N) is 1. The lowest BCUT2D eigenvalue weighted by molar-refractivity contribution is -0.117. The van der Waals surface area contributed by atoms with Gasteiger partial charge in [0.15, 0.2) is 0 Å². The molecule has 0 aromatic heterocycles. The van der Waals surface area contributed by atoms with E-state index in [1.165, 1.54) is 5.56 Å². The molecule has 2 aromatic carbocycles. The van der Waals surface area contributed by atoms with Gasteiger partial charge in [-0.3, -0.25) is 9.59 Å². The number of nitrogens with two attached hydrogens (primary N) is 1. The summed E-state index contributed by atoms with van der Waals surface area (Å²) in [4.78, 5) is 26.8. The molecule has 6 heteroatoms. The average molecular weight is 396 g/mol. The number of aliphatic hydroxyl groups excluding tert-OH is 1. The number of hydrogen-bond donors (Lipinski definition) is 3. The van der Waals surface area contributed by atoms with Crippen molar-refractivity contribution in [1.29, 1.82) is 0 Å². The maximum absolute atomic E-state index is 13.0. The van der Waals surface area contributed by atoms with Crippen LogP contribution in [0.4, 0.5) is 11.4 Å². The molecule has 29 heavy (non-hydrogen) atoms. The summed E-state index contributed by atoms with van der Waals surface area (Å²) >= 11 is 0. The molecule has 154 valence electrons. The molecule has 1 aliphatic rings. The van der Waals surface area contributed by atoms with Gasteiger partial charge in [-0.05, 0) is 68.0 Å². The third kappa shape index (κ3) is 5.35. The Morgan fingerprint density at radius 1 is 1.17 bits per heavy atom. The lowest BCUT2D eigenvalue weighted by Crippen LogP contribution is -2.38. The smallest absolute Gasteiger partial charge is 0.253 e.